The maximum atomic E-state index is 14.6. The van der Waals surface area contributed by atoms with E-state index in [1.54, 1.807) is 13.0 Å². The van der Waals surface area contributed by atoms with Gasteiger partial charge >= 0.3 is 5.97 Å². The largest absolute Gasteiger partial charge is 0.494 e. The minimum Gasteiger partial charge on any atom is -0.494 e. The number of carbonyl (C=O) groups is 1. The van der Waals surface area contributed by atoms with Gasteiger partial charge in [0.2, 0.25) is 0 Å². The summed E-state index contributed by atoms with van der Waals surface area (Å²) in [7, 11) is -3.31. The van der Waals surface area contributed by atoms with Crippen LogP contribution in [0, 0.1) is 25.5 Å². The van der Waals surface area contributed by atoms with Crippen molar-refractivity contribution < 1.29 is 31.8 Å². The van der Waals surface area contributed by atoms with E-state index in [-0.39, 0.29) is 27.7 Å². The summed E-state index contributed by atoms with van der Waals surface area (Å²) in [5, 5.41) is 9.24. The number of nitrogens with zero attached hydrogens (tertiary/aromatic N) is 2. The van der Waals surface area contributed by atoms with Gasteiger partial charge in [-0.25, -0.2) is 22.5 Å². The first-order valence-electron chi connectivity index (χ1n) is 8.26. The molecule has 3 rings (SSSR count). The highest BCUT2D eigenvalue weighted by molar-refractivity contribution is 7.90. The van der Waals surface area contributed by atoms with Gasteiger partial charge in [-0.05, 0) is 38.1 Å². The number of aromatic nitrogens is 2. The van der Waals surface area contributed by atoms with Crippen LogP contribution in [-0.2, 0) is 10.0 Å². The number of rotatable bonds is 5. The van der Waals surface area contributed by atoms with Crippen LogP contribution in [0.1, 0.15) is 21.7 Å². The van der Waals surface area contributed by atoms with E-state index >= 15 is 0 Å². The Morgan fingerprint density at radius 3 is 2.41 bits per heavy atom. The van der Waals surface area contributed by atoms with E-state index in [0.717, 1.165) is 19.2 Å². The molecule has 1 aromatic carbocycles. The summed E-state index contributed by atoms with van der Waals surface area (Å²) in [4.78, 5) is 15.8. The van der Waals surface area contributed by atoms with Crippen molar-refractivity contribution in [2.75, 3.05) is 7.11 Å². The molecule has 2 heterocycles. The summed E-state index contributed by atoms with van der Waals surface area (Å²) >= 11 is 0. The van der Waals surface area contributed by atoms with E-state index < -0.39 is 33.2 Å². The highest BCUT2D eigenvalue weighted by Crippen LogP contribution is 2.41. The molecule has 0 spiro atoms. The maximum absolute atomic E-state index is 14.6. The van der Waals surface area contributed by atoms with E-state index in [1.165, 1.54) is 19.1 Å². The van der Waals surface area contributed by atoms with Crippen molar-refractivity contribution in [3.63, 3.8) is 0 Å². The van der Waals surface area contributed by atoms with Gasteiger partial charge in [-0.1, -0.05) is 6.07 Å². The number of carboxylic acids is 1. The van der Waals surface area contributed by atoms with Crippen LogP contribution < -0.4 is 4.74 Å². The zero-order valence-electron chi connectivity index (χ0n) is 15.6. The Kier molecular flexibility index (Phi) is 5.14. The van der Waals surface area contributed by atoms with Gasteiger partial charge in [0.05, 0.1) is 12.8 Å². The fraction of sp³-hybridized carbons (Fsp3) is 0.158. The summed E-state index contributed by atoms with van der Waals surface area (Å²) in [6, 6.07) is 6.82. The molecule has 10 heteroatoms. The number of carboxylic acid groups (broad SMARTS) is 1. The first kappa shape index (κ1) is 20.5. The summed E-state index contributed by atoms with van der Waals surface area (Å²) in [5.41, 5.74) is -0.965. The smallest absolute Gasteiger partial charge is 0.341 e. The van der Waals surface area contributed by atoms with Gasteiger partial charge in [0.1, 0.15) is 22.9 Å². The molecule has 29 heavy (non-hydrogen) atoms. The average Bonchev–Trinajstić information content (AvgIpc) is 2.94. The van der Waals surface area contributed by atoms with E-state index in [4.69, 9.17) is 4.74 Å². The molecule has 0 amide bonds. The number of ether oxygens (including phenoxy) is 1. The molecule has 3 aromatic rings. The molecular weight excluding hydrogens is 406 g/mol. The molecule has 0 unspecified atom stereocenters. The topological polar surface area (TPSA) is 98.5 Å². The van der Waals surface area contributed by atoms with Crippen LogP contribution in [0.2, 0.25) is 0 Å². The molecule has 0 bridgehead atoms. The minimum absolute atomic E-state index is 0.212. The molecule has 2 aromatic heterocycles. The molecule has 1 N–H and O–H groups in total. The van der Waals surface area contributed by atoms with Crippen molar-refractivity contribution in [3.8, 4) is 17.0 Å². The van der Waals surface area contributed by atoms with E-state index in [2.05, 4.69) is 4.98 Å². The van der Waals surface area contributed by atoms with E-state index in [0.29, 0.717) is 15.7 Å². The maximum Gasteiger partial charge on any atom is 0.341 e. The molecule has 0 fully saturated rings. The normalized spacial score (nSPS) is 11.5. The van der Waals surface area contributed by atoms with Gasteiger partial charge in [0.15, 0.2) is 10.8 Å². The van der Waals surface area contributed by atoms with Crippen molar-refractivity contribution in [3.05, 3.63) is 65.0 Å². The molecule has 0 radical (unpaired) electrons. The fourth-order valence-electron chi connectivity index (χ4n) is 3.06. The number of pyridine rings is 1. The third-order valence-electron chi connectivity index (χ3n) is 4.28. The van der Waals surface area contributed by atoms with Crippen molar-refractivity contribution in [1.29, 1.82) is 0 Å². The molecule has 0 aliphatic heterocycles. The number of methoxy groups -OCH3 is 1. The summed E-state index contributed by atoms with van der Waals surface area (Å²) in [6.45, 7) is 2.84. The Morgan fingerprint density at radius 1 is 1.17 bits per heavy atom. The van der Waals surface area contributed by atoms with Crippen molar-refractivity contribution >= 4 is 16.0 Å². The van der Waals surface area contributed by atoms with Crippen LogP contribution in [0.3, 0.4) is 0 Å². The fourth-order valence-corrected chi connectivity index (χ4v) is 4.63. The molecule has 0 atom stereocenters. The first-order valence-corrected chi connectivity index (χ1v) is 9.70. The predicted octanol–water partition coefficient (Wildman–Crippen LogP) is 3.39. The molecule has 7 nitrogen and oxygen atoms in total. The monoisotopic (exact) mass is 422 g/mol. The second kappa shape index (κ2) is 7.28. The van der Waals surface area contributed by atoms with E-state index in [1.807, 2.05) is 0 Å². The minimum atomic E-state index is -4.44. The van der Waals surface area contributed by atoms with Gasteiger partial charge in [0.25, 0.3) is 10.0 Å². The van der Waals surface area contributed by atoms with Crippen molar-refractivity contribution in [1.82, 2.24) is 8.96 Å². The van der Waals surface area contributed by atoms with E-state index in [9.17, 15) is 27.1 Å². The third kappa shape index (κ3) is 3.35. The standard InChI is InChI=1S/C19H16F2N2O5S/c1-10-5-4-6-15(22-10)29(26,27)23-11(2)16(19(24)25)18(28-3)17(23)13-8-7-12(20)9-14(13)21/h4-9H,1-3H3,(H,24,25). The highest BCUT2D eigenvalue weighted by atomic mass is 32.2. The third-order valence-corrected chi connectivity index (χ3v) is 5.98. The van der Waals surface area contributed by atoms with Gasteiger partial charge in [-0.2, -0.15) is 8.42 Å². The number of halogens is 2. The summed E-state index contributed by atoms with van der Waals surface area (Å²) < 4.78 is 60.4. The van der Waals surface area contributed by atoms with Crippen molar-refractivity contribution in [2.24, 2.45) is 0 Å². The van der Waals surface area contributed by atoms with Crippen LogP contribution in [0.15, 0.2) is 41.4 Å². The number of benzene rings is 1. The molecular formula is C19H16F2N2O5S. The molecule has 0 saturated carbocycles. The lowest BCUT2D eigenvalue weighted by atomic mass is 10.1. The van der Waals surface area contributed by atoms with Crippen LogP contribution >= 0.6 is 0 Å². The first-order chi connectivity index (χ1) is 13.6. The predicted molar refractivity (Wildman–Crippen MR) is 99.6 cm³/mol. The number of hydrogen-bond acceptors (Lipinski definition) is 5. The number of aryl methyl sites for hydroxylation is 1. The van der Waals surface area contributed by atoms with Crippen LogP contribution in [0.5, 0.6) is 5.75 Å². The zero-order valence-corrected chi connectivity index (χ0v) is 16.4. The molecule has 0 aliphatic carbocycles. The van der Waals surface area contributed by atoms with Gasteiger partial charge in [0, 0.05) is 17.3 Å². The quantitative estimate of drug-likeness (QED) is 0.677. The lowest BCUT2D eigenvalue weighted by Crippen LogP contribution is -2.18. The lowest BCUT2D eigenvalue weighted by molar-refractivity contribution is 0.0693. The zero-order chi connectivity index (χ0) is 21.5. The highest BCUT2D eigenvalue weighted by Gasteiger charge is 2.35. The van der Waals surface area contributed by atoms with Gasteiger partial charge in [-0.3, -0.25) is 0 Å². The van der Waals surface area contributed by atoms with Crippen molar-refractivity contribution in [2.45, 2.75) is 18.9 Å². The Balaban J connectivity index is 2.48. The van der Waals surface area contributed by atoms with Crippen LogP contribution in [0.25, 0.3) is 11.3 Å². The van der Waals surface area contributed by atoms with Gasteiger partial charge in [-0.15, -0.1) is 0 Å². The SMILES string of the molecule is COc1c(C(=O)O)c(C)n(S(=O)(=O)c2cccc(C)n2)c1-c1ccc(F)cc1F. The average molecular weight is 422 g/mol. The number of hydrogen-bond donors (Lipinski definition) is 1. The Bertz CT molecular complexity index is 1240. The lowest BCUT2D eigenvalue weighted by Gasteiger charge is -2.14. The number of aromatic carboxylic acids is 1. The van der Waals surface area contributed by atoms with Crippen LogP contribution in [0.4, 0.5) is 8.78 Å². The molecule has 152 valence electrons. The summed E-state index contributed by atoms with van der Waals surface area (Å²) in [6.07, 6.45) is 0. The van der Waals surface area contributed by atoms with Crippen LogP contribution in [-0.4, -0.2) is 35.6 Å². The second-order valence-electron chi connectivity index (χ2n) is 6.16. The molecule has 0 saturated heterocycles. The second-order valence-corrected chi connectivity index (χ2v) is 7.89. The Hall–Kier alpha value is -3.27. The Morgan fingerprint density at radius 2 is 1.86 bits per heavy atom. The molecule has 0 aliphatic rings. The van der Waals surface area contributed by atoms with Gasteiger partial charge < -0.3 is 9.84 Å². The Labute approximate surface area is 165 Å². The summed E-state index contributed by atoms with van der Waals surface area (Å²) in [5.74, 6) is -3.78.